The smallest absolute Gasteiger partial charge is 0.228 e. The highest BCUT2D eigenvalue weighted by molar-refractivity contribution is 5.80. The standard InChI is InChI=1S/C14H26N2O2/c1-3-13-11(7-9-18-13)14(17)16-8-5-4-6-12(16)10(2)15/h10-13H,3-9,15H2,1-2H3. The molecule has 0 bridgehead atoms. The first kappa shape index (κ1) is 13.8. The third kappa shape index (κ3) is 2.69. The SMILES string of the molecule is CCC1OCCC1C(=O)N1CCCCC1C(C)N. The molecule has 4 unspecified atom stereocenters. The highest BCUT2D eigenvalue weighted by Gasteiger charge is 2.39. The molecule has 2 N–H and O–H groups in total. The molecule has 4 atom stereocenters. The van der Waals surface area contributed by atoms with E-state index < -0.39 is 0 Å². The molecular weight excluding hydrogens is 228 g/mol. The summed E-state index contributed by atoms with van der Waals surface area (Å²) in [5, 5.41) is 0. The summed E-state index contributed by atoms with van der Waals surface area (Å²) in [4.78, 5) is 14.7. The van der Waals surface area contributed by atoms with Crippen LogP contribution in [0.25, 0.3) is 0 Å². The number of rotatable bonds is 3. The molecule has 4 heteroatoms. The Morgan fingerprint density at radius 3 is 2.89 bits per heavy atom. The molecule has 2 saturated heterocycles. The Kier molecular flexibility index (Phi) is 4.62. The number of nitrogens with two attached hydrogens (primary N) is 1. The number of hydrogen-bond donors (Lipinski definition) is 1. The number of carbonyl (C=O) groups excluding carboxylic acids is 1. The predicted molar refractivity (Wildman–Crippen MR) is 71.1 cm³/mol. The molecule has 2 rings (SSSR count). The summed E-state index contributed by atoms with van der Waals surface area (Å²) in [6.45, 7) is 5.71. The van der Waals surface area contributed by atoms with Crippen LogP contribution in [0.5, 0.6) is 0 Å². The van der Waals surface area contributed by atoms with Crippen LogP contribution < -0.4 is 5.73 Å². The van der Waals surface area contributed by atoms with Crippen LogP contribution in [0.15, 0.2) is 0 Å². The zero-order valence-corrected chi connectivity index (χ0v) is 11.6. The molecule has 104 valence electrons. The Morgan fingerprint density at radius 1 is 1.44 bits per heavy atom. The maximum Gasteiger partial charge on any atom is 0.228 e. The number of likely N-dealkylation sites (tertiary alicyclic amines) is 1. The molecule has 0 saturated carbocycles. The van der Waals surface area contributed by atoms with E-state index in [4.69, 9.17) is 10.5 Å². The van der Waals surface area contributed by atoms with Crippen LogP contribution in [0.4, 0.5) is 0 Å². The van der Waals surface area contributed by atoms with Crippen molar-refractivity contribution < 1.29 is 9.53 Å². The van der Waals surface area contributed by atoms with Crippen molar-refractivity contribution in [2.45, 2.75) is 64.1 Å². The van der Waals surface area contributed by atoms with Crippen molar-refractivity contribution in [3.05, 3.63) is 0 Å². The van der Waals surface area contributed by atoms with Crippen molar-refractivity contribution in [2.24, 2.45) is 11.7 Å². The van der Waals surface area contributed by atoms with Crippen LogP contribution in [-0.4, -0.2) is 42.1 Å². The van der Waals surface area contributed by atoms with Gasteiger partial charge in [-0.3, -0.25) is 4.79 Å². The predicted octanol–water partition coefficient (Wildman–Crippen LogP) is 1.53. The van der Waals surface area contributed by atoms with Gasteiger partial charge < -0.3 is 15.4 Å². The lowest BCUT2D eigenvalue weighted by molar-refractivity contribution is -0.141. The second-order valence-electron chi connectivity index (χ2n) is 5.67. The monoisotopic (exact) mass is 254 g/mol. The Labute approximate surface area is 110 Å². The molecule has 0 aromatic rings. The van der Waals surface area contributed by atoms with E-state index in [-0.39, 0.29) is 30.0 Å². The minimum Gasteiger partial charge on any atom is -0.377 e. The summed E-state index contributed by atoms with van der Waals surface area (Å²) >= 11 is 0. The van der Waals surface area contributed by atoms with Gasteiger partial charge in [-0.1, -0.05) is 6.92 Å². The molecule has 1 amide bonds. The van der Waals surface area contributed by atoms with Crippen molar-refractivity contribution in [1.29, 1.82) is 0 Å². The zero-order valence-electron chi connectivity index (χ0n) is 11.6. The summed E-state index contributed by atoms with van der Waals surface area (Å²) < 4.78 is 5.64. The van der Waals surface area contributed by atoms with Gasteiger partial charge in [-0.2, -0.15) is 0 Å². The van der Waals surface area contributed by atoms with E-state index in [0.717, 1.165) is 38.8 Å². The first-order valence-electron chi connectivity index (χ1n) is 7.32. The molecular formula is C14H26N2O2. The van der Waals surface area contributed by atoms with Crippen LogP contribution in [0.3, 0.4) is 0 Å². The molecule has 4 nitrogen and oxygen atoms in total. The fourth-order valence-corrected chi connectivity index (χ4v) is 3.32. The van der Waals surface area contributed by atoms with Crippen molar-refractivity contribution in [2.75, 3.05) is 13.2 Å². The largest absolute Gasteiger partial charge is 0.377 e. The van der Waals surface area contributed by atoms with Gasteiger partial charge in [0.2, 0.25) is 5.91 Å². The molecule has 18 heavy (non-hydrogen) atoms. The minimum absolute atomic E-state index is 0.0642. The molecule has 2 heterocycles. The van der Waals surface area contributed by atoms with Gasteiger partial charge in [0.05, 0.1) is 12.0 Å². The number of hydrogen-bond acceptors (Lipinski definition) is 3. The van der Waals surface area contributed by atoms with Gasteiger partial charge in [-0.25, -0.2) is 0 Å². The van der Waals surface area contributed by atoms with E-state index >= 15 is 0 Å². The van der Waals surface area contributed by atoms with E-state index in [1.54, 1.807) is 0 Å². The lowest BCUT2D eigenvalue weighted by Crippen LogP contribution is -2.54. The lowest BCUT2D eigenvalue weighted by atomic mass is 9.92. The fourth-order valence-electron chi connectivity index (χ4n) is 3.32. The van der Waals surface area contributed by atoms with Crippen LogP contribution in [0.1, 0.15) is 46.0 Å². The molecule has 2 aliphatic heterocycles. The maximum atomic E-state index is 12.7. The summed E-state index contributed by atoms with van der Waals surface area (Å²) in [5.74, 6) is 0.343. The van der Waals surface area contributed by atoms with Gasteiger partial charge in [0.15, 0.2) is 0 Å². The molecule has 0 aromatic carbocycles. The quantitative estimate of drug-likeness (QED) is 0.831. The summed E-state index contributed by atoms with van der Waals surface area (Å²) in [6, 6.07) is 0.293. The first-order chi connectivity index (χ1) is 8.65. The highest BCUT2D eigenvalue weighted by atomic mass is 16.5. The minimum atomic E-state index is 0.0642. The van der Waals surface area contributed by atoms with Gasteiger partial charge in [-0.15, -0.1) is 0 Å². The van der Waals surface area contributed by atoms with E-state index in [0.29, 0.717) is 0 Å². The molecule has 2 fully saturated rings. The van der Waals surface area contributed by atoms with Crippen molar-refractivity contribution in [1.82, 2.24) is 4.90 Å². The molecule has 0 spiro atoms. The molecule has 0 aliphatic carbocycles. The summed E-state index contributed by atoms with van der Waals surface area (Å²) in [7, 11) is 0. The summed E-state index contributed by atoms with van der Waals surface area (Å²) in [6.07, 6.45) is 5.27. The summed E-state index contributed by atoms with van der Waals surface area (Å²) in [5.41, 5.74) is 6.04. The van der Waals surface area contributed by atoms with Gasteiger partial charge in [0, 0.05) is 25.2 Å². The average Bonchev–Trinajstić information content (AvgIpc) is 2.86. The van der Waals surface area contributed by atoms with Gasteiger partial charge in [-0.05, 0) is 39.0 Å². The first-order valence-corrected chi connectivity index (χ1v) is 7.32. The van der Waals surface area contributed by atoms with Gasteiger partial charge in [0.25, 0.3) is 0 Å². The van der Waals surface area contributed by atoms with E-state index in [9.17, 15) is 4.79 Å². The Hall–Kier alpha value is -0.610. The van der Waals surface area contributed by atoms with Crippen LogP contribution >= 0.6 is 0 Å². The Balaban J connectivity index is 2.06. The molecule has 2 aliphatic rings. The number of piperidine rings is 1. The van der Waals surface area contributed by atoms with E-state index in [1.165, 1.54) is 6.42 Å². The number of amides is 1. The maximum absolute atomic E-state index is 12.7. The number of nitrogens with zero attached hydrogens (tertiary/aromatic N) is 1. The van der Waals surface area contributed by atoms with Gasteiger partial charge >= 0.3 is 0 Å². The average molecular weight is 254 g/mol. The third-order valence-corrected chi connectivity index (χ3v) is 4.37. The van der Waals surface area contributed by atoms with Crippen LogP contribution in [0, 0.1) is 5.92 Å². The van der Waals surface area contributed by atoms with Gasteiger partial charge in [0.1, 0.15) is 0 Å². The molecule has 0 aromatic heterocycles. The van der Waals surface area contributed by atoms with Crippen LogP contribution in [0.2, 0.25) is 0 Å². The lowest BCUT2D eigenvalue weighted by Gasteiger charge is -2.40. The Bertz CT molecular complexity index is 294. The topological polar surface area (TPSA) is 55.6 Å². The van der Waals surface area contributed by atoms with Crippen molar-refractivity contribution in [3.63, 3.8) is 0 Å². The van der Waals surface area contributed by atoms with E-state index in [2.05, 4.69) is 6.92 Å². The van der Waals surface area contributed by atoms with Crippen LogP contribution in [-0.2, 0) is 9.53 Å². The fraction of sp³-hybridized carbons (Fsp3) is 0.929. The normalized spacial score (nSPS) is 34.6. The zero-order chi connectivity index (χ0) is 13.1. The van der Waals surface area contributed by atoms with Crippen molar-refractivity contribution >= 4 is 5.91 Å². The second-order valence-corrected chi connectivity index (χ2v) is 5.67. The van der Waals surface area contributed by atoms with Crippen molar-refractivity contribution in [3.8, 4) is 0 Å². The Morgan fingerprint density at radius 2 is 2.22 bits per heavy atom. The number of carbonyl (C=O) groups is 1. The van der Waals surface area contributed by atoms with E-state index in [1.807, 2.05) is 11.8 Å². The highest BCUT2D eigenvalue weighted by Crippen LogP contribution is 2.29. The second kappa shape index (κ2) is 6.02. The number of ether oxygens (including phenoxy) is 1. The molecule has 0 radical (unpaired) electrons. The third-order valence-electron chi connectivity index (χ3n) is 4.37.